The van der Waals surface area contributed by atoms with Crippen LogP contribution in [0.2, 0.25) is 5.02 Å². The minimum absolute atomic E-state index is 0.0180. The van der Waals surface area contributed by atoms with Gasteiger partial charge in [0.1, 0.15) is 17.2 Å². The molecule has 152 valence electrons. The summed E-state index contributed by atoms with van der Waals surface area (Å²) in [6.45, 7) is 0. The Labute approximate surface area is 176 Å². The van der Waals surface area contributed by atoms with E-state index < -0.39 is 5.82 Å². The van der Waals surface area contributed by atoms with Gasteiger partial charge in [-0.2, -0.15) is 0 Å². The molecule has 9 heteroatoms. The molecule has 1 aromatic carbocycles. The molecule has 1 aliphatic rings. The van der Waals surface area contributed by atoms with Gasteiger partial charge in [0, 0.05) is 28.9 Å². The van der Waals surface area contributed by atoms with Gasteiger partial charge in [-0.15, -0.1) is 0 Å². The zero-order chi connectivity index (χ0) is 21.4. The lowest BCUT2D eigenvalue weighted by Crippen LogP contribution is -2.42. The first-order valence-electron chi connectivity index (χ1n) is 9.26. The number of benzene rings is 1. The number of aromatic nitrogens is 2. The predicted molar refractivity (Wildman–Crippen MR) is 112 cm³/mol. The first-order valence-corrected chi connectivity index (χ1v) is 9.64. The van der Waals surface area contributed by atoms with E-state index in [9.17, 15) is 9.18 Å². The Morgan fingerprint density at radius 1 is 1.37 bits per heavy atom. The van der Waals surface area contributed by atoms with Gasteiger partial charge in [0.2, 0.25) is 11.6 Å². The van der Waals surface area contributed by atoms with Crippen molar-refractivity contribution >= 4 is 40.3 Å². The molecule has 7 nitrogen and oxygen atoms in total. The number of nitrogens with zero attached hydrogens (tertiary/aromatic N) is 2. The van der Waals surface area contributed by atoms with Crippen LogP contribution in [0.25, 0.3) is 11.2 Å². The van der Waals surface area contributed by atoms with E-state index in [-0.39, 0.29) is 34.0 Å². The highest BCUT2D eigenvalue weighted by Gasteiger charge is 2.30. The predicted octanol–water partition coefficient (Wildman–Crippen LogP) is 1.53. The first-order chi connectivity index (χ1) is 14.4. The molecule has 0 saturated heterocycles. The largest absolute Gasteiger partial charge is 0.404 e. The molecule has 0 radical (unpaired) electrons. The number of halogens is 2. The zero-order valence-corrected chi connectivity index (χ0v) is 16.6. The lowest BCUT2D eigenvalue weighted by molar-refractivity contribution is -0.120. The average molecular weight is 426 g/mol. The Morgan fingerprint density at radius 3 is 2.80 bits per heavy atom. The fourth-order valence-electron chi connectivity index (χ4n) is 3.15. The van der Waals surface area contributed by atoms with Crippen LogP contribution in [0.4, 0.5) is 4.39 Å². The summed E-state index contributed by atoms with van der Waals surface area (Å²) < 4.78 is 16.0. The summed E-state index contributed by atoms with van der Waals surface area (Å²) >= 11 is 5.82. The number of pyridine rings is 1. The number of hydrogen-bond donors (Lipinski definition) is 4. The smallest absolute Gasteiger partial charge is 0.228 e. The van der Waals surface area contributed by atoms with Crippen molar-refractivity contribution in [2.75, 3.05) is 0 Å². The molecule has 30 heavy (non-hydrogen) atoms. The number of nitrogens with one attached hydrogen (secondary N) is 2. The van der Waals surface area contributed by atoms with E-state index in [0.717, 1.165) is 12.8 Å². The maximum atomic E-state index is 14.3. The molecule has 0 spiro atoms. The number of rotatable bonds is 5. The standard InChI is InChI=1S/C21H18ClFN6O/c22-13-4-5-14(16(23)7-13)19(25)15(8-24)12-3-6-18-27-9-17(29(18)10-12)20(26)28-21(30)11-1-2-11/h3-11,25H,1-2,24H2,(H2,26,28,30)/p+1. The van der Waals surface area contributed by atoms with E-state index >= 15 is 0 Å². The molecular weight excluding hydrogens is 407 g/mol. The Kier molecular flexibility index (Phi) is 5.09. The van der Waals surface area contributed by atoms with Gasteiger partial charge in [-0.05, 0) is 43.2 Å². The number of allylic oxidation sites excluding steroid dienone is 1. The Hall–Kier alpha value is -3.52. The summed E-state index contributed by atoms with van der Waals surface area (Å²) in [6, 6.07) is 7.68. The average Bonchev–Trinajstić information content (AvgIpc) is 3.48. The molecule has 4 rings (SSSR count). The highest BCUT2D eigenvalue weighted by molar-refractivity contribution is 6.31. The molecule has 2 heterocycles. The van der Waals surface area contributed by atoms with Crippen LogP contribution >= 0.6 is 11.6 Å². The van der Waals surface area contributed by atoms with Crippen molar-refractivity contribution in [3.8, 4) is 0 Å². The molecule has 1 saturated carbocycles. The molecule has 1 aliphatic carbocycles. The van der Waals surface area contributed by atoms with E-state index in [1.807, 2.05) is 0 Å². The number of fused-ring (bicyclic) bond motifs is 1. The quantitative estimate of drug-likeness (QED) is 0.366. The van der Waals surface area contributed by atoms with Crippen molar-refractivity contribution < 1.29 is 14.6 Å². The third-order valence-electron chi connectivity index (χ3n) is 4.95. The van der Waals surface area contributed by atoms with Gasteiger partial charge >= 0.3 is 0 Å². The van der Waals surface area contributed by atoms with Crippen molar-refractivity contribution in [2.45, 2.75) is 12.8 Å². The molecular formula is C21H19ClFN6O+. The van der Waals surface area contributed by atoms with Crippen LogP contribution < -0.4 is 16.5 Å². The van der Waals surface area contributed by atoms with Crippen LogP contribution in [0.3, 0.4) is 0 Å². The number of carbonyl (C=O) groups excluding carboxylic acids is 1. The van der Waals surface area contributed by atoms with Gasteiger partial charge < -0.3 is 11.1 Å². The SMILES string of the molecule is N=C(NC(=O)C1CC1)c1cnc2ccc(C(=CN)C(=[NH2+])c3ccc(Cl)cc3F)cn12. The van der Waals surface area contributed by atoms with Crippen molar-refractivity contribution in [1.29, 1.82) is 5.41 Å². The number of nitrogens with two attached hydrogens (primary N) is 2. The Bertz CT molecular complexity index is 1230. The molecule has 1 amide bonds. The molecule has 0 aliphatic heterocycles. The molecule has 6 N–H and O–H groups in total. The first kappa shape index (κ1) is 19.8. The summed E-state index contributed by atoms with van der Waals surface area (Å²) in [5.74, 6) is -0.788. The van der Waals surface area contributed by atoms with Crippen molar-refractivity contribution in [3.05, 3.63) is 76.6 Å². The Balaban J connectivity index is 1.68. The molecule has 0 bridgehead atoms. The van der Waals surface area contributed by atoms with E-state index in [0.29, 0.717) is 22.5 Å². The summed E-state index contributed by atoms with van der Waals surface area (Å²) in [4.78, 5) is 16.3. The molecule has 1 fully saturated rings. The second-order valence-electron chi connectivity index (χ2n) is 7.05. The minimum atomic E-state index is -0.562. The van der Waals surface area contributed by atoms with Gasteiger partial charge in [0.05, 0.1) is 17.3 Å². The lowest BCUT2D eigenvalue weighted by atomic mass is 9.97. The second kappa shape index (κ2) is 7.72. The van der Waals surface area contributed by atoms with Crippen molar-refractivity contribution in [1.82, 2.24) is 14.7 Å². The summed E-state index contributed by atoms with van der Waals surface area (Å²) in [5, 5.41) is 17.3. The van der Waals surface area contributed by atoms with Gasteiger partial charge in [0.15, 0.2) is 5.84 Å². The fraction of sp³-hybridized carbons (Fsp3) is 0.143. The number of imidazole rings is 1. The van der Waals surface area contributed by atoms with Crippen LogP contribution in [0.15, 0.2) is 48.9 Å². The number of hydrogen-bond acceptors (Lipinski definition) is 4. The number of carbonyl (C=O) groups is 1. The highest BCUT2D eigenvalue weighted by atomic mass is 35.5. The van der Waals surface area contributed by atoms with Crippen molar-refractivity contribution in [2.24, 2.45) is 11.7 Å². The Morgan fingerprint density at radius 2 is 2.13 bits per heavy atom. The maximum Gasteiger partial charge on any atom is 0.228 e. The van der Waals surface area contributed by atoms with E-state index in [2.05, 4.69) is 10.3 Å². The number of amidine groups is 1. The summed E-state index contributed by atoms with van der Waals surface area (Å²) in [5.41, 5.74) is 8.12. The topological polar surface area (TPSA) is 122 Å². The zero-order valence-electron chi connectivity index (χ0n) is 15.8. The van der Waals surface area contributed by atoms with E-state index in [1.165, 1.54) is 24.5 Å². The third-order valence-corrected chi connectivity index (χ3v) is 5.18. The van der Waals surface area contributed by atoms with Crippen molar-refractivity contribution in [3.63, 3.8) is 0 Å². The fourth-order valence-corrected chi connectivity index (χ4v) is 3.31. The van der Waals surface area contributed by atoms with Crippen LogP contribution in [-0.4, -0.2) is 26.8 Å². The van der Waals surface area contributed by atoms with Crippen LogP contribution in [0, 0.1) is 17.1 Å². The third kappa shape index (κ3) is 3.69. The molecule has 0 unspecified atom stereocenters. The lowest BCUT2D eigenvalue weighted by Gasteiger charge is -2.09. The van der Waals surface area contributed by atoms with Gasteiger partial charge in [-0.1, -0.05) is 11.6 Å². The molecule has 3 aromatic rings. The molecule has 0 atom stereocenters. The second-order valence-corrected chi connectivity index (χ2v) is 7.48. The normalized spacial score (nSPS) is 14.0. The monoisotopic (exact) mass is 425 g/mol. The van der Waals surface area contributed by atoms with Gasteiger partial charge in [-0.25, -0.2) is 9.37 Å². The summed E-state index contributed by atoms with van der Waals surface area (Å²) in [6.07, 6.45) is 6.18. The van der Waals surface area contributed by atoms with E-state index in [4.69, 9.17) is 28.2 Å². The maximum absolute atomic E-state index is 14.3. The van der Waals surface area contributed by atoms with Gasteiger partial charge in [-0.3, -0.25) is 20.0 Å². The van der Waals surface area contributed by atoms with Gasteiger partial charge in [0.25, 0.3) is 0 Å². The molecule has 2 aromatic heterocycles. The number of amides is 1. The van der Waals surface area contributed by atoms with Crippen LogP contribution in [0.1, 0.15) is 29.7 Å². The minimum Gasteiger partial charge on any atom is -0.404 e. The highest BCUT2D eigenvalue weighted by Crippen LogP contribution is 2.29. The summed E-state index contributed by atoms with van der Waals surface area (Å²) in [7, 11) is 0. The van der Waals surface area contributed by atoms with E-state index in [1.54, 1.807) is 28.8 Å². The van der Waals surface area contributed by atoms with Crippen LogP contribution in [0.5, 0.6) is 0 Å². The van der Waals surface area contributed by atoms with Crippen LogP contribution in [-0.2, 0) is 4.79 Å².